The van der Waals surface area contributed by atoms with E-state index in [1.165, 1.54) is 45.4 Å². The first kappa shape index (κ1) is 11.0. The van der Waals surface area contributed by atoms with Gasteiger partial charge in [0.15, 0.2) is 0 Å². The van der Waals surface area contributed by atoms with Gasteiger partial charge in [-0.1, -0.05) is 0 Å². The lowest BCUT2D eigenvalue weighted by Gasteiger charge is -2.28. The Morgan fingerprint density at radius 3 is 2.50 bits per heavy atom. The average Bonchev–Trinajstić information content (AvgIpc) is 2.96. The molecule has 2 N–H and O–H groups in total. The molecule has 4 heteroatoms. The van der Waals surface area contributed by atoms with Gasteiger partial charge < -0.3 is 10.4 Å². The molecule has 0 aromatic heterocycles. The van der Waals surface area contributed by atoms with Crippen molar-refractivity contribution in [3.8, 4) is 0 Å². The molecule has 0 spiro atoms. The van der Waals surface area contributed by atoms with Crippen molar-refractivity contribution >= 4 is 0 Å². The van der Waals surface area contributed by atoms with Gasteiger partial charge in [-0.3, -0.25) is 9.80 Å². The molecule has 92 valence electrons. The van der Waals surface area contributed by atoms with E-state index in [2.05, 4.69) is 15.1 Å². The van der Waals surface area contributed by atoms with Crippen molar-refractivity contribution in [1.82, 2.24) is 15.1 Å². The second-order valence-corrected chi connectivity index (χ2v) is 5.47. The van der Waals surface area contributed by atoms with E-state index < -0.39 is 0 Å². The average molecular weight is 225 g/mol. The zero-order valence-electron chi connectivity index (χ0n) is 9.94. The number of nitrogens with one attached hydrogen (secondary N) is 1. The maximum Gasteiger partial charge on any atom is 0.0831 e. The third-order valence-corrected chi connectivity index (χ3v) is 4.47. The number of likely N-dealkylation sites (tertiary alicyclic amines) is 2. The summed E-state index contributed by atoms with van der Waals surface area (Å²) in [6.45, 7) is 6.67. The Morgan fingerprint density at radius 1 is 1.00 bits per heavy atom. The summed E-state index contributed by atoms with van der Waals surface area (Å²) >= 11 is 0. The SMILES string of the molecule is OC1CNCC1N1CCC(N2CCCC2)C1. The van der Waals surface area contributed by atoms with Gasteiger partial charge in [-0.15, -0.1) is 0 Å². The Bertz CT molecular complexity index is 242. The Balaban J connectivity index is 1.55. The second-order valence-electron chi connectivity index (χ2n) is 5.47. The van der Waals surface area contributed by atoms with Crippen LogP contribution in [-0.4, -0.2) is 72.4 Å². The highest BCUT2D eigenvalue weighted by molar-refractivity contribution is 4.94. The number of nitrogens with zero attached hydrogens (tertiary/aromatic N) is 2. The van der Waals surface area contributed by atoms with Crippen molar-refractivity contribution in [2.75, 3.05) is 39.3 Å². The minimum atomic E-state index is -0.155. The van der Waals surface area contributed by atoms with E-state index in [4.69, 9.17) is 0 Å². The Labute approximate surface area is 97.6 Å². The first-order valence-electron chi connectivity index (χ1n) is 6.71. The normalized spacial score (nSPS) is 42.2. The van der Waals surface area contributed by atoms with Crippen LogP contribution in [0.3, 0.4) is 0 Å². The maximum absolute atomic E-state index is 9.88. The molecule has 3 saturated heterocycles. The molecule has 0 saturated carbocycles. The molecule has 3 fully saturated rings. The van der Waals surface area contributed by atoms with E-state index >= 15 is 0 Å². The topological polar surface area (TPSA) is 38.7 Å². The summed E-state index contributed by atoms with van der Waals surface area (Å²) in [5.74, 6) is 0. The molecular formula is C12H23N3O. The zero-order valence-corrected chi connectivity index (χ0v) is 9.94. The van der Waals surface area contributed by atoms with Crippen molar-refractivity contribution in [2.24, 2.45) is 0 Å². The Hall–Kier alpha value is -0.160. The predicted molar refractivity (Wildman–Crippen MR) is 63.4 cm³/mol. The summed E-state index contributed by atoms with van der Waals surface area (Å²) in [7, 11) is 0. The van der Waals surface area contributed by atoms with Crippen molar-refractivity contribution in [3.63, 3.8) is 0 Å². The van der Waals surface area contributed by atoms with Gasteiger partial charge in [-0.25, -0.2) is 0 Å². The van der Waals surface area contributed by atoms with E-state index in [-0.39, 0.29) is 6.10 Å². The van der Waals surface area contributed by atoms with Crippen LogP contribution in [0.15, 0.2) is 0 Å². The number of β-amino-alcohol motifs (C(OH)–C–C–N with tert-alkyl or cyclic N) is 1. The smallest absolute Gasteiger partial charge is 0.0831 e. The molecule has 0 amide bonds. The number of rotatable bonds is 2. The molecule has 3 aliphatic rings. The molecular weight excluding hydrogens is 202 g/mol. The lowest BCUT2D eigenvalue weighted by atomic mass is 10.2. The van der Waals surface area contributed by atoms with Gasteiger partial charge >= 0.3 is 0 Å². The van der Waals surface area contributed by atoms with E-state index in [1.54, 1.807) is 0 Å². The zero-order chi connectivity index (χ0) is 11.0. The van der Waals surface area contributed by atoms with Crippen LogP contribution in [0.2, 0.25) is 0 Å². The van der Waals surface area contributed by atoms with Gasteiger partial charge in [0.25, 0.3) is 0 Å². The molecule has 4 nitrogen and oxygen atoms in total. The first-order valence-corrected chi connectivity index (χ1v) is 6.71. The minimum Gasteiger partial charge on any atom is -0.390 e. The predicted octanol–water partition coefficient (Wildman–Crippen LogP) is -0.511. The fourth-order valence-electron chi connectivity index (χ4n) is 3.50. The van der Waals surface area contributed by atoms with Crippen molar-refractivity contribution < 1.29 is 5.11 Å². The number of aliphatic hydroxyl groups is 1. The molecule has 3 aliphatic heterocycles. The van der Waals surface area contributed by atoms with Crippen molar-refractivity contribution in [3.05, 3.63) is 0 Å². The summed E-state index contributed by atoms with van der Waals surface area (Å²) in [6, 6.07) is 1.13. The van der Waals surface area contributed by atoms with Crippen LogP contribution in [0.4, 0.5) is 0 Å². The molecule has 0 radical (unpaired) electrons. The molecule has 3 rings (SSSR count). The summed E-state index contributed by atoms with van der Waals surface area (Å²) < 4.78 is 0. The van der Waals surface area contributed by atoms with Gasteiger partial charge in [-0.05, 0) is 32.4 Å². The fraction of sp³-hybridized carbons (Fsp3) is 1.00. The fourth-order valence-corrected chi connectivity index (χ4v) is 3.50. The molecule has 16 heavy (non-hydrogen) atoms. The van der Waals surface area contributed by atoms with Gasteiger partial charge in [-0.2, -0.15) is 0 Å². The molecule has 3 unspecified atom stereocenters. The standard InChI is InChI=1S/C12H23N3O/c16-12-8-13-7-11(12)15-6-3-10(9-15)14-4-1-2-5-14/h10-13,16H,1-9H2. The van der Waals surface area contributed by atoms with Gasteiger partial charge in [0.05, 0.1) is 6.10 Å². The molecule has 0 aliphatic carbocycles. The van der Waals surface area contributed by atoms with Crippen LogP contribution >= 0.6 is 0 Å². The summed E-state index contributed by atoms with van der Waals surface area (Å²) in [4.78, 5) is 5.14. The van der Waals surface area contributed by atoms with Crippen LogP contribution in [0.1, 0.15) is 19.3 Å². The van der Waals surface area contributed by atoms with Crippen LogP contribution in [0.25, 0.3) is 0 Å². The first-order chi connectivity index (χ1) is 7.84. The van der Waals surface area contributed by atoms with E-state index in [1.807, 2.05) is 0 Å². The van der Waals surface area contributed by atoms with Crippen LogP contribution in [0, 0.1) is 0 Å². The monoisotopic (exact) mass is 225 g/mol. The Kier molecular flexibility index (Phi) is 3.16. The largest absolute Gasteiger partial charge is 0.390 e. The van der Waals surface area contributed by atoms with Gasteiger partial charge in [0.1, 0.15) is 0 Å². The van der Waals surface area contributed by atoms with Crippen LogP contribution < -0.4 is 5.32 Å². The summed E-state index contributed by atoms with van der Waals surface area (Å²) in [5.41, 5.74) is 0. The van der Waals surface area contributed by atoms with Crippen molar-refractivity contribution in [1.29, 1.82) is 0 Å². The maximum atomic E-state index is 9.88. The molecule has 0 aromatic rings. The summed E-state index contributed by atoms with van der Waals surface area (Å²) in [5, 5.41) is 13.2. The molecule has 3 heterocycles. The van der Waals surface area contributed by atoms with E-state index in [0.29, 0.717) is 6.04 Å². The van der Waals surface area contributed by atoms with Gasteiger partial charge in [0.2, 0.25) is 0 Å². The van der Waals surface area contributed by atoms with Crippen LogP contribution in [0.5, 0.6) is 0 Å². The highest BCUT2D eigenvalue weighted by atomic mass is 16.3. The quantitative estimate of drug-likeness (QED) is 0.664. The third kappa shape index (κ3) is 1.99. The van der Waals surface area contributed by atoms with Crippen LogP contribution in [-0.2, 0) is 0 Å². The summed E-state index contributed by atoms with van der Waals surface area (Å²) in [6.07, 6.45) is 3.90. The van der Waals surface area contributed by atoms with E-state index in [9.17, 15) is 5.11 Å². The highest BCUT2D eigenvalue weighted by Crippen LogP contribution is 2.23. The lowest BCUT2D eigenvalue weighted by Crippen LogP contribution is -2.44. The second kappa shape index (κ2) is 4.61. The van der Waals surface area contributed by atoms with E-state index in [0.717, 1.165) is 19.1 Å². The van der Waals surface area contributed by atoms with Gasteiger partial charge in [0, 0.05) is 38.3 Å². The molecule has 0 bridgehead atoms. The minimum absolute atomic E-state index is 0.155. The molecule has 3 atom stereocenters. The number of aliphatic hydroxyl groups excluding tert-OH is 1. The highest BCUT2D eigenvalue weighted by Gasteiger charge is 2.37. The van der Waals surface area contributed by atoms with Crippen molar-refractivity contribution in [2.45, 2.75) is 37.5 Å². The third-order valence-electron chi connectivity index (χ3n) is 4.47. The Morgan fingerprint density at radius 2 is 1.81 bits per heavy atom. The molecule has 0 aromatic carbocycles. The lowest BCUT2D eigenvalue weighted by molar-refractivity contribution is 0.0927. The number of hydrogen-bond donors (Lipinski definition) is 2. The number of hydrogen-bond acceptors (Lipinski definition) is 4.